The molecule has 0 spiro atoms. The summed E-state index contributed by atoms with van der Waals surface area (Å²) >= 11 is 6.21. The zero-order valence-corrected chi connectivity index (χ0v) is 12.2. The van der Waals surface area contributed by atoms with Gasteiger partial charge in [0.05, 0.1) is 17.5 Å². The highest BCUT2D eigenvalue weighted by molar-refractivity contribution is 6.33. The van der Waals surface area contributed by atoms with E-state index in [1.807, 2.05) is 19.9 Å². The van der Waals surface area contributed by atoms with E-state index in [0.29, 0.717) is 17.2 Å². The topological polar surface area (TPSA) is 46.5 Å². The Bertz CT molecular complexity index is 478. The molecule has 0 saturated heterocycles. The van der Waals surface area contributed by atoms with E-state index in [-0.39, 0.29) is 0 Å². The zero-order valence-electron chi connectivity index (χ0n) is 11.4. The Balaban J connectivity index is 3.27. The van der Waals surface area contributed by atoms with E-state index in [1.54, 1.807) is 21.0 Å². The van der Waals surface area contributed by atoms with E-state index in [4.69, 9.17) is 16.3 Å². The number of methoxy groups -OCH3 is 1. The molecule has 0 amide bonds. The van der Waals surface area contributed by atoms with Crippen LogP contribution in [0.1, 0.15) is 30.5 Å². The molecule has 0 fully saturated rings. The van der Waals surface area contributed by atoms with Crippen LogP contribution in [-0.4, -0.2) is 18.2 Å². The largest absolute Gasteiger partial charge is 0.495 e. The highest BCUT2D eigenvalue weighted by Crippen LogP contribution is 2.35. The van der Waals surface area contributed by atoms with Gasteiger partial charge in [0.1, 0.15) is 5.75 Å². The average Bonchev–Trinajstić information content (AvgIpc) is 2.29. The molecular weight excluding hydrogens is 252 g/mol. The summed E-state index contributed by atoms with van der Waals surface area (Å²) in [6.07, 6.45) is 0.448. The molecule has 0 radical (unpaired) electrons. The number of hydrogen-bond donors (Lipinski definition) is 1. The summed E-state index contributed by atoms with van der Waals surface area (Å²) in [6, 6.07) is 1.85. The van der Waals surface area contributed by atoms with Crippen LogP contribution in [0.3, 0.4) is 0 Å². The van der Waals surface area contributed by atoms with Gasteiger partial charge < -0.3 is 9.84 Å². The highest BCUT2D eigenvalue weighted by atomic mass is 35.5. The van der Waals surface area contributed by atoms with Crippen molar-refractivity contribution in [2.45, 2.75) is 34.1 Å². The number of carboxylic acid groups (broad SMARTS) is 1. The maximum absolute atomic E-state index is 11.2. The minimum absolute atomic E-state index is 0.448. The van der Waals surface area contributed by atoms with Crippen LogP contribution < -0.4 is 4.74 Å². The first-order chi connectivity index (χ1) is 8.20. The molecule has 0 heterocycles. The van der Waals surface area contributed by atoms with Crippen LogP contribution in [0, 0.1) is 19.3 Å². The first kappa shape index (κ1) is 14.8. The lowest BCUT2D eigenvalue weighted by atomic mass is 9.83. The minimum Gasteiger partial charge on any atom is -0.495 e. The van der Waals surface area contributed by atoms with Gasteiger partial charge in [-0.15, -0.1) is 0 Å². The molecule has 18 heavy (non-hydrogen) atoms. The molecule has 1 aromatic carbocycles. The minimum atomic E-state index is -0.812. The lowest BCUT2D eigenvalue weighted by Crippen LogP contribution is -2.27. The van der Waals surface area contributed by atoms with Crippen LogP contribution in [0.15, 0.2) is 6.07 Å². The van der Waals surface area contributed by atoms with Gasteiger partial charge in [-0.1, -0.05) is 11.6 Å². The first-order valence-corrected chi connectivity index (χ1v) is 6.14. The fourth-order valence-electron chi connectivity index (χ4n) is 1.90. The van der Waals surface area contributed by atoms with E-state index in [9.17, 15) is 9.90 Å². The van der Waals surface area contributed by atoms with Crippen molar-refractivity contribution < 1.29 is 14.6 Å². The number of aliphatic carboxylic acids is 1. The molecule has 0 aliphatic rings. The summed E-state index contributed by atoms with van der Waals surface area (Å²) in [6.45, 7) is 7.27. The quantitative estimate of drug-likeness (QED) is 0.909. The van der Waals surface area contributed by atoms with Crippen molar-refractivity contribution in [3.05, 3.63) is 27.8 Å². The van der Waals surface area contributed by atoms with Gasteiger partial charge in [-0.2, -0.15) is 0 Å². The predicted octanol–water partition coefficient (Wildman–Crippen LogP) is 3.62. The summed E-state index contributed by atoms with van der Waals surface area (Å²) in [5.74, 6) is -0.184. The third kappa shape index (κ3) is 2.78. The van der Waals surface area contributed by atoms with Crippen LogP contribution in [0.4, 0.5) is 0 Å². The van der Waals surface area contributed by atoms with Crippen molar-refractivity contribution in [2.24, 2.45) is 5.41 Å². The van der Waals surface area contributed by atoms with Crippen LogP contribution in [0.5, 0.6) is 5.75 Å². The normalized spacial score (nSPS) is 11.4. The third-order valence-electron chi connectivity index (χ3n) is 3.24. The molecule has 4 heteroatoms. The summed E-state index contributed by atoms with van der Waals surface area (Å²) in [5.41, 5.74) is 2.06. The van der Waals surface area contributed by atoms with Crippen molar-refractivity contribution >= 4 is 17.6 Å². The van der Waals surface area contributed by atoms with E-state index < -0.39 is 11.4 Å². The van der Waals surface area contributed by atoms with Crippen molar-refractivity contribution in [1.82, 2.24) is 0 Å². The molecule has 0 aromatic heterocycles. The Hall–Kier alpha value is -1.22. The smallest absolute Gasteiger partial charge is 0.309 e. The van der Waals surface area contributed by atoms with Crippen LogP contribution >= 0.6 is 11.6 Å². The molecule has 0 bridgehead atoms. The van der Waals surface area contributed by atoms with Gasteiger partial charge in [-0.3, -0.25) is 4.79 Å². The standard InChI is InChI=1S/C14H19ClO3/c1-8-6-11(18-5)12(15)9(2)10(8)7-14(3,4)13(16)17/h6H,7H2,1-5H3,(H,16,17). The number of carboxylic acids is 1. The van der Waals surface area contributed by atoms with Gasteiger partial charge in [0.25, 0.3) is 0 Å². The number of ether oxygens (including phenoxy) is 1. The van der Waals surface area contributed by atoms with Crippen molar-refractivity contribution in [2.75, 3.05) is 7.11 Å². The molecule has 100 valence electrons. The van der Waals surface area contributed by atoms with Gasteiger partial charge in [0.2, 0.25) is 0 Å². The van der Waals surface area contributed by atoms with Crippen LogP contribution in [0.25, 0.3) is 0 Å². The second-order valence-electron chi connectivity index (χ2n) is 5.18. The number of benzene rings is 1. The second kappa shape index (κ2) is 5.19. The van der Waals surface area contributed by atoms with Crippen molar-refractivity contribution in [3.8, 4) is 5.75 Å². The Labute approximate surface area is 113 Å². The molecular formula is C14H19ClO3. The second-order valence-corrected chi connectivity index (χ2v) is 5.56. The number of hydrogen-bond acceptors (Lipinski definition) is 2. The molecule has 0 unspecified atom stereocenters. The number of carbonyl (C=O) groups is 1. The SMILES string of the molecule is COc1cc(C)c(CC(C)(C)C(=O)O)c(C)c1Cl. The molecule has 0 atom stereocenters. The fourth-order valence-corrected chi connectivity index (χ4v) is 2.14. The van der Waals surface area contributed by atoms with Gasteiger partial charge in [0, 0.05) is 0 Å². The van der Waals surface area contributed by atoms with Crippen LogP contribution in [0.2, 0.25) is 5.02 Å². The Morgan fingerprint density at radius 3 is 2.44 bits per heavy atom. The molecule has 3 nitrogen and oxygen atoms in total. The van der Waals surface area contributed by atoms with E-state index in [2.05, 4.69) is 0 Å². The zero-order chi connectivity index (χ0) is 14.1. The molecule has 0 aliphatic carbocycles. The molecule has 1 rings (SSSR count). The third-order valence-corrected chi connectivity index (χ3v) is 3.71. The summed E-state index contributed by atoms with van der Waals surface area (Å²) < 4.78 is 5.19. The maximum Gasteiger partial charge on any atom is 0.309 e. The first-order valence-electron chi connectivity index (χ1n) is 5.76. The Morgan fingerprint density at radius 2 is 2.00 bits per heavy atom. The fraction of sp³-hybridized carbons (Fsp3) is 0.500. The summed E-state index contributed by atoms with van der Waals surface area (Å²) in [5, 5.41) is 9.75. The van der Waals surface area contributed by atoms with E-state index in [0.717, 1.165) is 16.7 Å². The van der Waals surface area contributed by atoms with E-state index >= 15 is 0 Å². The lowest BCUT2D eigenvalue weighted by molar-refractivity contribution is -0.146. The molecule has 0 aliphatic heterocycles. The number of aryl methyl sites for hydroxylation is 1. The number of halogens is 1. The highest BCUT2D eigenvalue weighted by Gasteiger charge is 2.29. The van der Waals surface area contributed by atoms with Gasteiger partial charge >= 0.3 is 5.97 Å². The summed E-state index contributed by atoms with van der Waals surface area (Å²) in [4.78, 5) is 11.2. The van der Waals surface area contributed by atoms with Gasteiger partial charge in [0.15, 0.2) is 0 Å². The average molecular weight is 271 g/mol. The molecule has 1 N–H and O–H groups in total. The Morgan fingerprint density at radius 1 is 1.44 bits per heavy atom. The van der Waals surface area contributed by atoms with Crippen LogP contribution in [-0.2, 0) is 11.2 Å². The molecule has 1 aromatic rings. The van der Waals surface area contributed by atoms with Gasteiger partial charge in [-0.05, 0) is 56.9 Å². The Kier molecular flexibility index (Phi) is 4.28. The number of rotatable bonds is 4. The van der Waals surface area contributed by atoms with Gasteiger partial charge in [-0.25, -0.2) is 0 Å². The van der Waals surface area contributed by atoms with E-state index in [1.165, 1.54) is 0 Å². The van der Waals surface area contributed by atoms with Crippen molar-refractivity contribution in [3.63, 3.8) is 0 Å². The monoisotopic (exact) mass is 270 g/mol. The molecule has 0 saturated carbocycles. The lowest BCUT2D eigenvalue weighted by Gasteiger charge is -2.23. The maximum atomic E-state index is 11.2. The predicted molar refractivity (Wildman–Crippen MR) is 72.6 cm³/mol. The van der Waals surface area contributed by atoms with Crippen molar-refractivity contribution in [1.29, 1.82) is 0 Å². The summed E-state index contributed by atoms with van der Waals surface area (Å²) in [7, 11) is 1.57.